The molecule has 2 aromatic heterocycles. The van der Waals surface area contributed by atoms with E-state index in [9.17, 15) is 0 Å². The van der Waals surface area contributed by atoms with E-state index in [2.05, 4.69) is 58.6 Å². The van der Waals surface area contributed by atoms with Gasteiger partial charge in [-0.25, -0.2) is 4.98 Å². The largest absolute Gasteiger partial charge is 0.383 e. The molecule has 0 aliphatic carbocycles. The second-order valence-electron chi connectivity index (χ2n) is 5.59. The number of hydrogen-bond donors (Lipinski definition) is 1. The zero-order chi connectivity index (χ0) is 15.8. The molecule has 4 aromatic rings. The zero-order valence-corrected chi connectivity index (χ0v) is 12.8. The Morgan fingerprint density at radius 1 is 0.913 bits per heavy atom. The SMILES string of the molecule is Cn1cc(-c2cc(-c3cccc4ccccc34)cnc2N)cn1. The fourth-order valence-corrected chi connectivity index (χ4v) is 2.89. The number of fused-ring (bicyclic) bond motifs is 1. The number of nitrogens with zero attached hydrogens (tertiary/aromatic N) is 3. The van der Waals surface area contributed by atoms with Crippen LogP contribution in [0, 0.1) is 0 Å². The molecule has 0 amide bonds. The van der Waals surface area contributed by atoms with Crippen LogP contribution in [0.5, 0.6) is 0 Å². The lowest BCUT2D eigenvalue weighted by molar-refractivity contribution is 0.768. The van der Waals surface area contributed by atoms with Crippen molar-refractivity contribution in [2.45, 2.75) is 0 Å². The van der Waals surface area contributed by atoms with E-state index < -0.39 is 0 Å². The van der Waals surface area contributed by atoms with Crippen molar-refractivity contribution in [2.24, 2.45) is 7.05 Å². The Morgan fingerprint density at radius 2 is 1.74 bits per heavy atom. The number of benzene rings is 2. The minimum Gasteiger partial charge on any atom is -0.383 e. The lowest BCUT2D eigenvalue weighted by atomic mass is 9.97. The molecule has 4 rings (SSSR count). The van der Waals surface area contributed by atoms with Crippen LogP contribution in [0.4, 0.5) is 5.82 Å². The van der Waals surface area contributed by atoms with E-state index in [-0.39, 0.29) is 0 Å². The number of aromatic nitrogens is 3. The van der Waals surface area contributed by atoms with Gasteiger partial charge in [-0.15, -0.1) is 0 Å². The molecule has 0 atom stereocenters. The zero-order valence-electron chi connectivity index (χ0n) is 12.8. The minimum atomic E-state index is 0.516. The van der Waals surface area contributed by atoms with Crippen LogP contribution in [0.1, 0.15) is 0 Å². The Morgan fingerprint density at radius 3 is 2.57 bits per heavy atom. The topological polar surface area (TPSA) is 56.7 Å². The monoisotopic (exact) mass is 300 g/mol. The van der Waals surface area contributed by atoms with Crippen LogP contribution >= 0.6 is 0 Å². The highest BCUT2D eigenvalue weighted by atomic mass is 15.2. The summed E-state index contributed by atoms with van der Waals surface area (Å²) in [6.45, 7) is 0. The van der Waals surface area contributed by atoms with Gasteiger partial charge in [0.15, 0.2) is 0 Å². The molecule has 0 fully saturated rings. The summed E-state index contributed by atoms with van der Waals surface area (Å²) in [6, 6.07) is 16.7. The Kier molecular flexibility index (Phi) is 3.08. The van der Waals surface area contributed by atoms with Crippen LogP contribution in [0.2, 0.25) is 0 Å². The third-order valence-electron chi connectivity index (χ3n) is 4.04. The number of nitrogen functional groups attached to an aromatic ring is 1. The highest BCUT2D eigenvalue weighted by Gasteiger charge is 2.10. The summed E-state index contributed by atoms with van der Waals surface area (Å²) in [5, 5.41) is 6.64. The second-order valence-corrected chi connectivity index (χ2v) is 5.59. The fourth-order valence-electron chi connectivity index (χ4n) is 2.89. The van der Waals surface area contributed by atoms with Gasteiger partial charge in [0.1, 0.15) is 5.82 Å². The molecule has 2 N–H and O–H groups in total. The molecule has 4 nitrogen and oxygen atoms in total. The van der Waals surface area contributed by atoms with Crippen molar-refractivity contribution in [1.29, 1.82) is 0 Å². The van der Waals surface area contributed by atoms with Crippen LogP contribution < -0.4 is 5.73 Å². The average molecular weight is 300 g/mol. The van der Waals surface area contributed by atoms with Crippen LogP contribution in [0.25, 0.3) is 33.0 Å². The van der Waals surface area contributed by atoms with E-state index in [1.54, 1.807) is 10.9 Å². The second kappa shape index (κ2) is 5.25. The molecule has 2 heterocycles. The van der Waals surface area contributed by atoms with E-state index in [1.807, 2.05) is 19.4 Å². The average Bonchev–Trinajstić information content (AvgIpc) is 3.01. The first-order valence-corrected chi connectivity index (χ1v) is 7.45. The number of nitrogens with two attached hydrogens (primary N) is 1. The molecule has 0 radical (unpaired) electrons. The van der Waals surface area contributed by atoms with Crippen molar-refractivity contribution in [1.82, 2.24) is 14.8 Å². The highest BCUT2D eigenvalue weighted by molar-refractivity contribution is 5.97. The molecular weight excluding hydrogens is 284 g/mol. The molecular formula is C19H16N4. The number of pyridine rings is 1. The van der Waals surface area contributed by atoms with E-state index in [1.165, 1.54) is 10.8 Å². The maximum absolute atomic E-state index is 6.07. The van der Waals surface area contributed by atoms with E-state index >= 15 is 0 Å². The van der Waals surface area contributed by atoms with Crippen LogP contribution in [-0.2, 0) is 7.05 Å². The van der Waals surface area contributed by atoms with Gasteiger partial charge in [0, 0.05) is 36.1 Å². The van der Waals surface area contributed by atoms with Gasteiger partial charge in [-0.05, 0) is 22.4 Å². The highest BCUT2D eigenvalue weighted by Crippen LogP contribution is 2.32. The molecule has 0 saturated carbocycles. The van der Waals surface area contributed by atoms with Gasteiger partial charge in [-0.3, -0.25) is 4.68 Å². The van der Waals surface area contributed by atoms with Crippen molar-refractivity contribution in [3.05, 3.63) is 67.1 Å². The molecule has 112 valence electrons. The minimum absolute atomic E-state index is 0.516. The standard InChI is InChI=1S/C19H16N4/c1-23-12-15(11-22-23)18-9-14(10-21-19(18)20)17-8-4-6-13-5-2-3-7-16(13)17/h2-12H,1H3,(H2,20,21). The Bertz CT molecular complexity index is 996. The molecule has 0 aliphatic rings. The number of anilines is 1. The van der Waals surface area contributed by atoms with Crippen molar-refractivity contribution < 1.29 is 0 Å². The van der Waals surface area contributed by atoms with E-state index in [4.69, 9.17) is 5.73 Å². The molecule has 0 bridgehead atoms. The molecule has 0 saturated heterocycles. The number of hydrogen-bond acceptors (Lipinski definition) is 3. The van der Waals surface area contributed by atoms with Gasteiger partial charge >= 0.3 is 0 Å². The van der Waals surface area contributed by atoms with Crippen molar-refractivity contribution in [2.75, 3.05) is 5.73 Å². The first-order chi connectivity index (χ1) is 11.2. The van der Waals surface area contributed by atoms with Crippen molar-refractivity contribution in [3.63, 3.8) is 0 Å². The predicted molar refractivity (Wildman–Crippen MR) is 93.8 cm³/mol. The summed E-state index contributed by atoms with van der Waals surface area (Å²) < 4.78 is 1.76. The van der Waals surface area contributed by atoms with Crippen LogP contribution in [0.3, 0.4) is 0 Å². The molecule has 2 aromatic carbocycles. The summed E-state index contributed by atoms with van der Waals surface area (Å²) in [7, 11) is 1.89. The fraction of sp³-hybridized carbons (Fsp3) is 0.0526. The summed E-state index contributed by atoms with van der Waals surface area (Å²) in [5.74, 6) is 0.516. The smallest absolute Gasteiger partial charge is 0.131 e. The molecule has 0 unspecified atom stereocenters. The molecule has 0 aliphatic heterocycles. The predicted octanol–water partition coefficient (Wildman–Crippen LogP) is 3.88. The van der Waals surface area contributed by atoms with Gasteiger partial charge < -0.3 is 5.73 Å². The first-order valence-electron chi connectivity index (χ1n) is 7.45. The quantitative estimate of drug-likeness (QED) is 0.611. The first kappa shape index (κ1) is 13.5. The van der Waals surface area contributed by atoms with Gasteiger partial charge in [0.05, 0.1) is 6.20 Å². The summed E-state index contributed by atoms with van der Waals surface area (Å²) >= 11 is 0. The van der Waals surface area contributed by atoms with Crippen LogP contribution in [-0.4, -0.2) is 14.8 Å². The van der Waals surface area contributed by atoms with Crippen molar-refractivity contribution >= 4 is 16.6 Å². The summed E-state index contributed by atoms with van der Waals surface area (Å²) in [5.41, 5.74) is 10.2. The van der Waals surface area contributed by atoms with Crippen molar-refractivity contribution in [3.8, 4) is 22.3 Å². The lowest BCUT2D eigenvalue weighted by Crippen LogP contribution is -1.95. The third kappa shape index (κ3) is 2.34. The van der Waals surface area contributed by atoms with E-state index in [0.29, 0.717) is 5.82 Å². The Hall–Kier alpha value is -3.14. The summed E-state index contributed by atoms with van der Waals surface area (Å²) in [6.07, 6.45) is 5.58. The van der Waals surface area contributed by atoms with E-state index in [0.717, 1.165) is 22.3 Å². The molecule has 23 heavy (non-hydrogen) atoms. The maximum Gasteiger partial charge on any atom is 0.131 e. The van der Waals surface area contributed by atoms with Gasteiger partial charge in [-0.1, -0.05) is 42.5 Å². The normalized spacial score (nSPS) is 11.0. The van der Waals surface area contributed by atoms with Gasteiger partial charge in [0.25, 0.3) is 0 Å². The molecule has 0 spiro atoms. The van der Waals surface area contributed by atoms with Gasteiger partial charge in [0.2, 0.25) is 0 Å². The third-order valence-corrected chi connectivity index (χ3v) is 4.04. The maximum atomic E-state index is 6.07. The van der Waals surface area contributed by atoms with Gasteiger partial charge in [-0.2, -0.15) is 5.10 Å². The number of aryl methyl sites for hydroxylation is 1. The van der Waals surface area contributed by atoms with Crippen LogP contribution in [0.15, 0.2) is 67.1 Å². The Labute approximate surface area is 134 Å². The molecule has 4 heteroatoms. The summed E-state index contributed by atoms with van der Waals surface area (Å²) in [4.78, 5) is 4.39. The number of rotatable bonds is 2. The Balaban J connectivity index is 1.92. The lowest BCUT2D eigenvalue weighted by Gasteiger charge is -2.09.